The van der Waals surface area contributed by atoms with E-state index in [0.717, 1.165) is 31.5 Å². The minimum Gasteiger partial charge on any atom is -0.317 e. The number of nitrogens with one attached hydrogen (secondary N) is 1. The average molecular weight is 313 g/mol. The van der Waals surface area contributed by atoms with Crippen LogP contribution in [0.25, 0.3) is 0 Å². The van der Waals surface area contributed by atoms with Crippen LogP contribution in [0.15, 0.2) is 24.5 Å². The van der Waals surface area contributed by atoms with E-state index in [-0.39, 0.29) is 5.75 Å². The molecule has 0 aliphatic rings. The van der Waals surface area contributed by atoms with Crippen LogP contribution in [-0.4, -0.2) is 43.1 Å². The summed E-state index contributed by atoms with van der Waals surface area (Å²) in [6.07, 6.45) is 6.08. The number of sulfonamides is 1. The lowest BCUT2D eigenvalue weighted by atomic mass is 10.3. The molecule has 0 amide bonds. The number of rotatable bonds is 11. The molecule has 1 aromatic heterocycles. The fourth-order valence-electron chi connectivity index (χ4n) is 2.06. The summed E-state index contributed by atoms with van der Waals surface area (Å²) in [6.45, 7) is 6.81. The average Bonchev–Trinajstić information content (AvgIpc) is 2.49. The van der Waals surface area contributed by atoms with Gasteiger partial charge in [-0.2, -0.15) is 4.31 Å². The molecule has 1 N–H and O–H groups in total. The summed E-state index contributed by atoms with van der Waals surface area (Å²) in [5.41, 5.74) is 0.972. The van der Waals surface area contributed by atoms with E-state index in [4.69, 9.17) is 0 Å². The molecule has 0 unspecified atom stereocenters. The van der Waals surface area contributed by atoms with Gasteiger partial charge in [-0.25, -0.2) is 8.42 Å². The van der Waals surface area contributed by atoms with E-state index in [1.807, 2.05) is 19.1 Å². The molecule has 1 rings (SSSR count). The van der Waals surface area contributed by atoms with Crippen molar-refractivity contribution < 1.29 is 8.42 Å². The molecule has 0 aromatic carbocycles. The summed E-state index contributed by atoms with van der Waals surface area (Å²) in [5, 5.41) is 3.29. The molecule has 0 fully saturated rings. The second-order valence-electron chi connectivity index (χ2n) is 5.05. The molecule has 0 saturated carbocycles. The van der Waals surface area contributed by atoms with E-state index >= 15 is 0 Å². The van der Waals surface area contributed by atoms with Crippen molar-refractivity contribution in [2.24, 2.45) is 0 Å². The Labute approximate surface area is 128 Å². The highest BCUT2D eigenvalue weighted by Crippen LogP contribution is 2.10. The van der Waals surface area contributed by atoms with E-state index in [0.29, 0.717) is 19.5 Å². The van der Waals surface area contributed by atoms with Gasteiger partial charge >= 0.3 is 0 Å². The van der Waals surface area contributed by atoms with Crippen LogP contribution in [0, 0.1) is 0 Å². The van der Waals surface area contributed by atoms with Crippen LogP contribution in [0.4, 0.5) is 0 Å². The first kappa shape index (κ1) is 18.1. The topological polar surface area (TPSA) is 62.3 Å². The number of pyridine rings is 1. The van der Waals surface area contributed by atoms with Crippen molar-refractivity contribution in [2.75, 3.05) is 25.4 Å². The standard InChI is InChI=1S/C15H27N3O2S/c1-3-9-16-10-5-6-13-21(19,20)18(4-2)14-15-7-11-17-12-8-15/h7-8,11-12,16H,3-6,9-10,13-14H2,1-2H3. The van der Waals surface area contributed by atoms with Gasteiger partial charge in [0.25, 0.3) is 0 Å². The molecule has 0 aliphatic heterocycles. The highest BCUT2D eigenvalue weighted by atomic mass is 32.2. The zero-order valence-corrected chi connectivity index (χ0v) is 13.9. The van der Waals surface area contributed by atoms with Gasteiger partial charge in [0.1, 0.15) is 0 Å². The van der Waals surface area contributed by atoms with Crippen LogP contribution < -0.4 is 5.32 Å². The van der Waals surface area contributed by atoms with Gasteiger partial charge < -0.3 is 5.32 Å². The Morgan fingerprint density at radius 2 is 1.86 bits per heavy atom. The Balaban J connectivity index is 2.43. The molecule has 120 valence electrons. The largest absolute Gasteiger partial charge is 0.317 e. The maximum atomic E-state index is 12.3. The molecule has 0 aliphatic carbocycles. The third-order valence-electron chi connectivity index (χ3n) is 3.29. The zero-order valence-electron chi connectivity index (χ0n) is 13.1. The van der Waals surface area contributed by atoms with E-state index in [1.165, 1.54) is 0 Å². The lowest BCUT2D eigenvalue weighted by Crippen LogP contribution is -2.32. The molecule has 1 heterocycles. The highest BCUT2D eigenvalue weighted by molar-refractivity contribution is 7.89. The van der Waals surface area contributed by atoms with Crippen molar-refractivity contribution in [3.8, 4) is 0 Å². The number of hydrogen-bond acceptors (Lipinski definition) is 4. The first-order chi connectivity index (χ1) is 10.1. The first-order valence-electron chi connectivity index (χ1n) is 7.67. The summed E-state index contributed by atoms with van der Waals surface area (Å²) in [5.74, 6) is 0.222. The predicted molar refractivity (Wildman–Crippen MR) is 86.5 cm³/mol. The lowest BCUT2D eigenvalue weighted by molar-refractivity contribution is 0.421. The molecule has 0 spiro atoms. The van der Waals surface area contributed by atoms with Crippen LogP contribution in [0.2, 0.25) is 0 Å². The minimum atomic E-state index is -3.18. The van der Waals surface area contributed by atoms with Gasteiger partial charge in [-0.15, -0.1) is 0 Å². The van der Waals surface area contributed by atoms with Gasteiger partial charge in [0.05, 0.1) is 5.75 Å². The van der Waals surface area contributed by atoms with Gasteiger partial charge in [0.15, 0.2) is 0 Å². The van der Waals surface area contributed by atoms with E-state index in [2.05, 4.69) is 17.2 Å². The maximum Gasteiger partial charge on any atom is 0.214 e. The third kappa shape index (κ3) is 7.02. The van der Waals surface area contributed by atoms with Gasteiger partial charge in [0.2, 0.25) is 10.0 Å². The Morgan fingerprint density at radius 1 is 1.14 bits per heavy atom. The SMILES string of the molecule is CCCNCCCCS(=O)(=O)N(CC)Cc1ccncc1. The van der Waals surface area contributed by atoms with Crippen LogP contribution in [0.1, 0.15) is 38.7 Å². The molecule has 0 saturated heterocycles. The van der Waals surface area contributed by atoms with Crippen molar-refractivity contribution in [3.05, 3.63) is 30.1 Å². The van der Waals surface area contributed by atoms with Crippen molar-refractivity contribution >= 4 is 10.0 Å². The normalized spacial score (nSPS) is 12.0. The fourth-order valence-corrected chi connectivity index (χ4v) is 3.63. The number of unbranched alkanes of at least 4 members (excludes halogenated alkanes) is 1. The predicted octanol–water partition coefficient (Wildman–Crippen LogP) is 2.01. The summed E-state index contributed by atoms with van der Waals surface area (Å²) in [7, 11) is -3.18. The monoisotopic (exact) mass is 313 g/mol. The maximum absolute atomic E-state index is 12.3. The summed E-state index contributed by atoms with van der Waals surface area (Å²) < 4.78 is 26.2. The summed E-state index contributed by atoms with van der Waals surface area (Å²) in [4.78, 5) is 3.95. The van der Waals surface area contributed by atoms with Gasteiger partial charge in [-0.05, 0) is 50.0 Å². The fraction of sp³-hybridized carbons (Fsp3) is 0.667. The molecular weight excluding hydrogens is 286 g/mol. The summed E-state index contributed by atoms with van der Waals surface area (Å²) in [6, 6.07) is 3.71. The van der Waals surface area contributed by atoms with Crippen molar-refractivity contribution in [1.29, 1.82) is 0 Å². The Morgan fingerprint density at radius 3 is 2.48 bits per heavy atom. The van der Waals surface area contributed by atoms with Crippen molar-refractivity contribution in [3.63, 3.8) is 0 Å². The molecule has 1 aromatic rings. The molecule has 0 bridgehead atoms. The van der Waals surface area contributed by atoms with Crippen LogP contribution in [0.5, 0.6) is 0 Å². The van der Waals surface area contributed by atoms with Crippen LogP contribution >= 0.6 is 0 Å². The third-order valence-corrected chi connectivity index (χ3v) is 5.27. The Kier molecular flexibility index (Phi) is 8.49. The van der Waals surface area contributed by atoms with E-state index < -0.39 is 10.0 Å². The molecule has 0 radical (unpaired) electrons. The second kappa shape index (κ2) is 9.87. The lowest BCUT2D eigenvalue weighted by Gasteiger charge is -2.20. The summed E-state index contributed by atoms with van der Waals surface area (Å²) >= 11 is 0. The Hall–Kier alpha value is -0.980. The van der Waals surface area contributed by atoms with Gasteiger partial charge in [-0.3, -0.25) is 4.98 Å². The Bertz CT molecular complexity index is 477. The zero-order chi connectivity index (χ0) is 15.6. The molecular formula is C15H27N3O2S. The second-order valence-corrected chi connectivity index (χ2v) is 7.14. The first-order valence-corrected chi connectivity index (χ1v) is 9.28. The molecule has 6 heteroatoms. The molecule has 21 heavy (non-hydrogen) atoms. The number of aromatic nitrogens is 1. The smallest absolute Gasteiger partial charge is 0.214 e. The van der Waals surface area contributed by atoms with E-state index in [1.54, 1.807) is 16.7 Å². The van der Waals surface area contributed by atoms with Crippen LogP contribution in [0.3, 0.4) is 0 Å². The van der Waals surface area contributed by atoms with Crippen molar-refractivity contribution in [2.45, 2.75) is 39.7 Å². The van der Waals surface area contributed by atoms with Gasteiger partial charge in [-0.1, -0.05) is 13.8 Å². The number of nitrogens with zero attached hydrogens (tertiary/aromatic N) is 2. The highest BCUT2D eigenvalue weighted by Gasteiger charge is 2.19. The molecule has 0 atom stereocenters. The van der Waals surface area contributed by atoms with E-state index in [9.17, 15) is 8.42 Å². The van der Waals surface area contributed by atoms with Crippen molar-refractivity contribution in [1.82, 2.24) is 14.6 Å². The minimum absolute atomic E-state index is 0.222. The number of hydrogen-bond donors (Lipinski definition) is 1. The quantitative estimate of drug-likeness (QED) is 0.635. The van der Waals surface area contributed by atoms with Gasteiger partial charge in [0, 0.05) is 25.5 Å². The van der Waals surface area contributed by atoms with Crippen LogP contribution in [-0.2, 0) is 16.6 Å². The molecule has 5 nitrogen and oxygen atoms in total.